The summed E-state index contributed by atoms with van der Waals surface area (Å²) in [4.78, 5) is 20.2. The van der Waals surface area contributed by atoms with Gasteiger partial charge in [0, 0.05) is 35.3 Å². The van der Waals surface area contributed by atoms with Crippen molar-refractivity contribution in [3.63, 3.8) is 0 Å². The minimum Gasteiger partial charge on any atom is -0.369 e. The largest absolute Gasteiger partial charge is 0.369 e. The predicted molar refractivity (Wildman–Crippen MR) is 38.4 cm³/mol. The Labute approximate surface area is 81.1 Å². The Morgan fingerprint density at radius 2 is 1.89 bits per heavy atom. The molecule has 9 heavy (non-hydrogen) atoms. The second kappa shape index (κ2) is 6.61. The number of nitrogens with two attached hydrogens (primary N) is 1. The van der Waals surface area contributed by atoms with Crippen LogP contribution in [0.3, 0.4) is 0 Å². The number of carbonyl (C=O) groups is 2. The van der Waals surface area contributed by atoms with Gasteiger partial charge < -0.3 is 5.73 Å². The van der Waals surface area contributed by atoms with E-state index in [4.69, 9.17) is 0 Å². The van der Waals surface area contributed by atoms with Gasteiger partial charge in [0.1, 0.15) is 0 Å². The van der Waals surface area contributed by atoms with Gasteiger partial charge in [0.15, 0.2) is 5.78 Å². The quantitative estimate of drug-likeness (QED) is 0.312. The second-order valence-electron chi connectivity index (χ2n) is 1.34. The van der Waals surface area contributed by atoms with E-state index < -0.39 is 5.91 Å². The van der Waals surface area contributed by atoms with Crippen LogP contribution in [0.2, 0.25) is 0 Å². The summed E-state index contributed by atoms with van der Waals surface area (Å²) in [5.74, 6) is -0.743. The van der Waals surface area contributed by atoms with Crippen LogP contribution in [0.5, 0.6) is 0 Å². The molecular weight excluding hydrogens is 149 g/mol. The zero-order valence-corrected chi connectivity index (χ0v) is 8.15. The van der Waals surface area contributed by atoms with Crippen LogP contribution in [-0.4, -0.2) is 47.0 Å². The van der Waals surface area contributed by atoms with Crippen LogP contribution in [0.15, 0.2) is 0 Å². The van der Waals surface area contributed by atoms with E-state index >= 15 is 0 Å². The Kier molecular flexibility index (Phi) is 8.95. The van der Waals surface area contributed by atoms with Crippen LogP contribution in [-0.2, 0) is 9.59 Å². The Balaban J connectivity index is 0. The number of rotatable bonds is 3. The monoisotopic (exact) mass is 156 g/mol. The molecule has 3 nitrogen and oxygen atoms in total. The van der Waals surface area contributed by atoms with E-state index in [1.807, 2.05) is 0 Å². The van der Waals surface area contributed by atoms with Crippen molar-refractivity contribution in [3.05, 3.63) is 0 Å². The summed E-state index contributed by atoms with van der Waals surface area (Å²) in [6.45, 7) is 0. The van der Waals surface area contributed by atoms with Crippen molar-refractivity contribution in [1.29, 1.82) is 0 Å². The van der Waals surface area contributed by atoms with Crippen molar-refractivity contribution >= 4 is 53.9 Å². The molecule has 2 N–H and O–H groups in total. The minimum atomic E-state index is -0.593. The standard InChI is InChI=1S/C4H7NO2S.Na/c5-4(7)1-3(6)2-8;/h8H,1-2H2,(H2,5,7);. The van der Waals surface area contributed by atoms with Gasteiger partial charge in [-0.15, -0.1) is 0 Å². The van der Waals surface area contributed by atoms with Crippen molar-refractivity contribution in [2.45, 2.75) is 6.42 Å². The number of thiol groups is 1. The number of ketones is 1. The van der Waals surface area contributed by atoms with E-state index in [1.54, 1.807) is 0 Å². The van der Waals surface area contributed by atoms with Crippen molar-refractivity contribution in [3.8, 4) is 0 Å². The summed E-state index contributed by atoms with van der Waals surface area (Å²) >= 11 is 3.63. The molecule has 0 aliphatic rings. The summed E-state index contributed by atoms with van der Waals surface area (Å²) in [6.07, 6.45) is -0.191. The maximum Gasteiger partial charge on any atom is 0.224 e. The average molecular weight is 156 g/mol. The van der Waals surface area contributed by atoms with Crippen molar-refractivity contribution < 1.29 is 9.59 Å². The molecule has 0 atom stereocenters. The molecule has 0 bridgehead atoms. The first-order chi connectivity index (χ1) is 3.66. The molecule has 0 aromatic rings. The molecule has 5 heteroatoms. The summed E-state index contributed by atoms with van der Waals surface area (Å²) in [6, 6.07) is 0. The number of carbonyl (C=O) groups excluding carboxylic acids is 2. The normalized spacial score (nSPS) is 7.67. The van der Waals surface area contributed by atoms with Gasteiger partial charge in [0.05, 0.1) is 6.42 Å². The second-order valence-corrected chi connectivity index (χ2v) is 1.66. The maximum absolute atomic E-state index is 10.2. The molecule has 0 aromatic heterocycles. The Hall–Kier alpha value is 0.490. The fraction of sp³-hybridized carbons (Fsp3) is 0.500. The van der Waals surface area contributed by atoms with E-state index in [9.17, 15) is 9.59 Å². The van der Waals surface area contributed by atoms with Gasteiger partial charge in [0.25, 0.3) is 0 Å². The molecule has 1 amide bonds. The molecule has 0 heterocycles. The van der Waals surface area contributed by atoms with Gasteiger partial charge in [0.2, 0.25) is 5.91 Å². The molecule has 1 radical (unpaired) electrons. The number of amides is 1. The SMILES string of the molecule is NC(=O)CC(=O)CS.[Na]. The Morgan fingerprint density at radius 1 is 1.44 bits per heavy atom. The van der Waals surface area contributed by atoms with Crippen LogP contribution in [0, 0.1) is 0 Å². The molecule has 0 rings (SSSR count). The molecule has 0 aliphatic heterocycles. The van der Waals surface area contributed by atoms with Crippen LogP contribution in [0.4, 0.5) is 0 Å². The first-order valence-electron chi connectivity index (χ1n) is 2.07. The van der Waals surface area contributed by atoms with Gasteiger partial charge in [-0.25, -0.2) is 0 Å². The van der Waals surface area contributed by atoms with Gasteiger partial charge in [-0.2, -0.15) is 12.6 Å². The Morgan fingerprint density at radius 3 is 2.00 bits per heavy atom. The average Bonchev–Trinajstić information content (AvgIpc) is 1.65. The molecule has 47 valence electrons. The molecule has 0 aliphatic carbocycles. The first-order valence-corrected chi connectivity index (χ1v) is 2.71. The smallest absolute Gasteiger partial charge is 0.224 e. The van der Waals surface area contributed by atoms with Crippen LogP contribution >= 0.6 is 12.6 Å². The number of hydrogen-bond donors (Lipinski definition) is 2. The molecule has 0 spiro atoms. The van der Waals surface area contributed by atoms with Crippen LogP contribution in [0.1, 0.15) is 6.42 Å². The van der Waals surface area contributed by atoms with Crippen LogP contribution < -0.4 is 5.73 Å². The maximum atomic E-state index is 10.2. The molecule has 0 unspecified atom stereocenters. The van der Waals surface area contributed by atoms with E-state index in [-0.39, 0.29) is 47.5 Å². The molecule has 0 saturated heterocycles. The topological polar surface area (TPSA) is 60.2 Å². The van der Waals surface area contributed by atoms with E-state index in [0.717, 1.165) is 0 Å². The van der Waals surface area contributed by atoms with Gasteiger partial charge >= 0.3 is 0 Å². The molecule has 0 aromatic carbocycles. The summed E-state index contributed by atoms with van der Waals surface area (Å²) in [5.41, 5.74) is 4.68. The number of hydrogen-bond acceptors (Lipinski definition) is 3. The fourth-order valence-corrected chi connectivity index (χ4v) is 0.362. The Bertz CT molecular complexity index is 117. The predicted octanol–water partition coefficient (Wildman–Crippen LogP) is -1.02. The van der Waals surface area contributed by atoms with Crippen molar-refractivity contribution in [2.75, 3.05) is 5.75 Å². The zero-order chi connectivity index (χ0) is 6.57. The minimum absolute atomic E-state index is 0. The van der Waals surface area contributed by atoms with E-state index in [1.165, 1.54) is 0 Å². The van der Waals surface area contributed by atoms with Gasteiger partial charge in [-0.1, -0.05) is 0 Å². The van der Waals surface area contributed by atoms with Gasteiger partial charge in [-0.3, -0.25) is 9.59 Å². The third-order valence-corrected chi connectivity index (χ3v) is 0.900. The molecular formula is C4H7NNaO2S. The van der Waals surface area contributed by atoms with Crippen molar-refractivity contribution in [1.82, 2.24) is 0 Å². The summed E-state index contributed by atoms with van der Waals surface area (Å²) in [7, 11) is 0. The van der Waals surface area contributed by atoms with Crippen LogP contribution in [0.25, 0.3) is 0 Å². The fourth-order valence-electron chi connectivity index (χ4n) is 0.250. The molecule has 0 saturated carbocycles. The molecule has 0 fully saturated rings. The summed E-state index contributed by atoms with van der Waals surface area (Å²) < 4.78 is 0. The van der Waals surface area contributed by atoms with E-state index in [0.29, 0.717) is 0 Å². The zero-order valence-electron chi connectivity index (χ0n) is 5.26. The number of primary amides is 1. The third kappa shape index (κ3) is 8.49. The van der Waals surface area contributed by atoms with E-state index in [2.05, 4.69) is 18.4 Å². The number of Topliss-reactive ketones (excluding diaryl/α,β-unsaturated/α-hetero) is 1. The first kappa shape index (κ1) is 12.2. The third-order valence-electron chi connectivity index (χ3n) is 0.548. The van der Waals surface area contributed by atoms with Gasteiger partial charge in [-0.05, 0) is 0 Å². The summed E-state index contributed by atoms with van der Waals surface area (Å²) in [5, 5.41) is 0. The van der Waals surface area contributed by atoms with Crippen molar-refractivity contribution in [2.24, 2.45) is 5.73 Å².